The standard InChI is InChI=1S/C21H19FN4O2S/c1-2-15-8-10-17(11-9-15)29(27,28)25-21-13-16(14-22)24-26(21)20-7-3-6-19-18(20)5-4-12-23-19/h3-13,25H,2,14H2,1H3. The molecule has 2 aromatic carbocycles. The van der Waals surface area contributed by atoms with Gasteiger partial charge in [-0.05, 0) is 48.4 Å². The Balaban J connectivity index is 1.79. The molecule has 0 radical (unpaired) electrons. The van der Waals surface area contributed by atoms with E-state index in [1.54, 1.807) is 48.7 Å². The van der Waals surface area contributed by atoms with Crippen LogP contribution < -0.4 is 4.72 Å². The number of nitrogens with one attached hydrogen (secondary N) is 1. The van der Waals surface area contributed by atoms with Crippen molar-refractivity contribution in [2.75, 3.05) is 4.72 Å². The number of hydrogen-bond acceptors (Lipinski definition) is 4. The Bertz CT molecular complexity index is 1260. The van der Waals surface area contributed by atoms with Crippen LogP contribution in [-0.2, 0) is 23.1 Å². The zero-order valence-electron chi connectivity index (χ0n) is 15.7. The predicted molar refractivity (Wildman–Crippen MR) is 110 cm³/mol. The molecule has 6 nitrogen and oxygen atoms in total. The van der Waals surface area contributed by atoms with E-state index in [1.807, 2.05) is 19.1 Å². The minimum Gasteiger partial charge on any atom is -0.263 e. The van der Waals surface area contributed by atoms with E-state index >= 15 is 0 Å². The minimum atomic E-state index is -3.87. The van der Waals surface area contributed by atoms with Crippen LogP contribution in [0.3, 0.4) is 0 Å². The SMILES string of the molecule is CCc1ccc(S(=O)(=O)Nc2cc(CF)nn2-c2cccc3ncccc23)cc1. The second-order valence-corrected chi connectivity index (χ2v) is 8.20. The van der Waals surface area contributed by atoms with E-state index in [2.05, 4.69) is 14.8 Å². The zero-order valence-corrected chi connectivity index (χ0v) is 16.5. The number of benzene rings is 2. The van der Waals surface area contributed by atoms with Crippen molar-refractivity contribution in [1.29, 1.82) is 0 Å². The number of nitrogens with zero attached hydrogens (tertiary/aromatic N) is 3. The van der Waals surface area contributed by atoms with Crippen LogP contribution in [0.4, 0.5) is 10.2 Å². The molecule has 0 unspecified atom stereocenters. The number of alkyl halides is 1. The van der Waals surface area contributed by atoms with Crippen molar-refractivity contribution < 1.29 is 12.8 Å². The largest absolute Gasteiger partial charge is 0.263 e. The average Bonchev–Trinajstić information content (AvgIpc) is 3.15. The predicted octanol–water partition coefficient (Wildman–Crippen LogP) is 4.25. The van der Waals surface area contributed by atoms with Gasteiger partial charge in [0.1, 0.15) is 12.5 Å². The fourth-order valence-corrected chi connectivity index (χ4v) is 4.16. The van der Waals surface area contributed by atoms with Crippen LogP contribution in [0.2, 0.25) is 0 Å². The quantitative estimate of drug-likeness (QED) is 0.515. The molecule has 0 aliphatic rings. The molecule has 4 aromatic rings. The number of fused-ring (bicyclic) bond motifs is 1. The minimum absolute atomic E-state index is 0.129. The molecule has 1 N–H and O–H groups in total. The lowest BCUT2D eigenvalue weighted by atomic mass is 10.2. The third-order valence-electron chi connectivity index (χ3n) is 4.63. The highest BCUT2D eigenvalue weighted by Crippen LogP contribution is 2.26. The highest BCUT2D eigenvalue weighted by molar-refractivity contribution is 7.92. The molecule has 0 bridgehead atoms. The Morgan fingerprint density at radius 2 is 1.86 bits per heavy atom. The summed E-state index contributed by atoms with van der Waals surface area (Å²) in [5.74, 6) is 0.161. The zero-order chi connectivity index (χ0) is 20.4. The number of hydrogen-bond donors (Lipinski definition) is 1. The smallest absolute Gasteiger partial charge is 0.263 e. The molecule has 0 atom stereocenters. The maximum Gasteiger partial charge on any atom is 0.263 e. The lowest BCUT2D eigenvalue weighted by Crippen LogP contribution is -2.16. The highest BCUT2D eigenvalue weighted by Gasteiger charge is 2.19. The van der Waals surface area contributed by atoms with E-state index in [0.717, 1.165) is 22.9 Å². The number of anilines is 1. The van der Waals surface area contributed by atoms with Crippen LogP contribution in [0.1, 0.15) is 18.2 Å². The van der Waals surface area contributed by atoms with Crippen LogP contribution in [0, 0.1) is 0 Å². The van der Waals surface area contributed by atoms with E-state index in [-0.39, 0.29) is 16.4 Å². The second-order valence-electron chi connectivity index (χ2n) is 6.52. The first-order valence-corrected chi connectivity index (χ1v) is 10.6. The topological polar surface area (TPSA) is 76.9 Å². The molecule has 148 valence electrons. The van der Waals surface area contributed by atoms with Gasteiger partial charge in [0.25, 0.3) is 10.0 Å². The van der Waals surface area contributed by atoms with Crippen molar-refractivity contribution in [2.45, 2.75) is 24.9 Å². The summed E-state index contributed by atoms with van der Waals surface area (Å²) < 4.78 is 43.0. The Morgan fingerprint density at radius 3 is 2.59 bits per heavy atom. The Labute approximate surface area is 168 Å². The summed E-state index contributed by atoms with van der Waals surface area (Å²) in [7, 11) is -3.87. The van der Waals surface area contributed by atoms with E-state index < -0.39 is 16.7 Å². The van der Waals surface area contributed by atoms with Gasteiger partial charge in [0.15, 0.2) is 0 Å². The summed E-state index contributed by atoms with van der Waals surface area (Å²) in [6.07, 6.45) is 2.49. The van der Waals surface area contributed by atoms with Gasteiger partial charge in [0.05, 0.1) is 21.8 Å². The molecule has 0 fully saturated rings. The molecule has 0 aliphatic heterocycles. The van der Waals surface area contributed by atoms with E-state index in [4.69, 9.17) is 0 Å². The average molecular weight is 410 g/mol. The van der Waals surface area contributed by atoms with Gasteiger partial charge in [-0.25, -0.2) is 17.5 Å². The fraction of sp³-hybridized carbons (Fsp3) is 0.143. The fourth-order valence-electron chi connectivity index (χ4n) is 3.12. The third kappa shape index (κ3) is 3.71. The second kappa shape index (κ2) is 7.63. The molecule has 4 rings (SSSR count). The van der Waals surface area contributed by atoms with Gasteiger partial charge in [-0.15, -0.1) is 0 Å². The van der Waals surface area contributed by atoms with Gasteiger partial charge in [-0.1, -0.05) is 25.1 Å². The maximum atomic E-state index is 13.3. The van der Waals surface area contributed by atoms with Crippen molar-refractivity contribution in [3.8, 4) is 5.69 Å². The summed E-state index contributed by atoms with van der Waals surface area (Å²) in [5.41, 5.74) is 2.50. The van der Waals surface area contributed by atoms with Crippen LogP contribution in [0.15, 0.2) is 71.8 Å². The molecule has 0 amide bonds. The van der Waals surface area contributed by atoms with E-state index in [9.17, 15) is 12.8 Å². The normalized spacial score (nSPS) is 11.7. The lowest BCUT2D eigenvalue weighted by molar-refractivity contribution is 0.473. The molecule has 0 aliphatic carbocycles. The first kappa shape index (κ1) is 19.1. The number of halogens is 1. The molecule has 0 saturated heterocycles. The van der Waals surface area contributed by atoms with Crippen molar-refractivity contribution in [1.82, 2.24) is 14.8 Å². The van der Waals surface area contributed by atoms with Gasteiger partial charge >= 0.3 is 0 Å². The number of rotatable bonds is 6. The Morgan fingerprint density at radius 1 is 1.07 bits per heavy atom. The summed E-state index contributed by atoms with van der Waals surface area (Å²) >= 11 is 0. The highest BCUT2D eigenvalue weighted by atomic mass is 32.2. The Kier molecular flexibility index (Phi) is 5.02. The number of aromatic nitrogens is 3. The van der Waals surface area contributed by atoms with Gasteiger partial charge in [-0.3, -0.25) is 9.71 Å². The van der Waals surface area contributed by atoms with Crippen molar-refractivity contribution in [3.05, 3.63) is 78.1 Å². The lowest BCUT2D eigenvalue weighted by Gasteiger charge is -2.12. The monoisotopic (exact) mass is 410 g/mol. The summed E-state index contributed by atoms with van der Waals surface area (Å²) in [4.78, 5) is 4.44. The molecule has 2 heterocycles. The molecular formula is C21H19FN4O2S. The molecular weight excluding hydrogens is 391 g/mol. The van der Waals surface area contributed by atoms with E-state index in [1.165, 1.54) is 10.7 Å². The number of aryl methyl sites for hydroxylation is 1. The van der Waals surface area contributed by atoms with Gasteiger partial charge < -0.3 is 0 Å². The van der Waals surface area contributed by atoms with Crippen LogP contribution in [-0.4, -0.2) is 23.2 Å². The number of sulfonamides is 1. The first-order chi connectivity index (χ1) is 14.0. The third-order valence-corrected chi connectivity index (χ3v) is 6.00. The van der Waals surface area contributed by atoms with E-state index in [0.29, 0.717) is 5.69 Å². The van der Waals surface area contributed by atoms with Crippen LogP contribution in [0.5, 0.6) is 0 Å². The van der Waals surface area contributed by atoms with Crippen molar-refractivity contribution in [2.24, 2.45) is 0 Å². The van der Waals surface area contributed by atoms with Crippen LogP contribution >= 0.6 is 0 Å². The first-order valence-electron chi connectivity index (χ1n) is 9.12. The molecule has 29 heavy (non-hydrogen) atoms. The maximum absolute atomic E-state index is 13.3. The summed E-state index contributed by atoms with van der Waals surface area (Å²) in [6, 6.07) is 17.1. The summed E-state index contributed by atoms with van der Waals surface area (Å²) in [6.45, 7) is 1.19. The van der Waals surface area contributed by atoms with Crippen LogP contribution in [0.25, 0.3) is 16.6 Å². The Hall–Kier alpha value is -3.26. The van der Waals surface area contributed by atoms with Gasteiger partial charge in [0, 0.05) is 17.6 Å². The van der Waals surface area contributed by atoms with Crippen molar-refractivity contribution >= 4 is 26.7 Å². The van der Waals surface area contributed by atoms with Gasteiger partial charge in [-0.2, -0.15) is 5.10 Å². The molecule has 2 aromatic heterocycles. The van der Waals surface area contributed by atoms with Gasteiger partial charge in [0.2, 0.25) is 0 Å². The molecule has 8 heteroatoms. The molecule has 0 saturated carbocycles. The number of pyridine rings is 1. The molecule has 0 spiro atoms. The van der Waals surface area contributed by atoms with Crippen molar-refractivity contribution in [3.63, 3.8) is 0 Å². The summed E-state index contributed by atoms with van der Waals surface area (Å²) in [5, 5.41) is 5.02.